The number of methoxy groups -OCH3 is 2. The molecule has 1 unspecified atom stereocenters. The van der Waals surface area contributed by atoms with Gasteiger partial charge in [0.15, 0.2) is 11.5 Å². The van der Waals surface area contributed by atoms with Crippen LogP contribution in [0.25, 0.3) is 0 Å². The Balaban J connectivity index is 1.95. The van der Waals surface area contributed by atoms with Gasteiger partial charge in [-0.2, -0.15) is 0 Å². The number of halogens is 1. The summed E-state index contributed by atoms with van der Waals surface area (Å²) in [4.78, 5) is -0.451. The lowest BCUT2D eigenvalue weighted by Crippen LogP contribution is -2.30. The minimum Gasteiger partial charge on any atom is -0.493 e. The van der Waals surface area contributed by atoms with E-state index < -0.39 is 20.7 Å². The van der Waals surface area contributed by atoms with E-state index in [1.54, 1.807) is 0 Å². The van der Waals surface area contributed by atoms with Gasteiger partial charge >= 0.3 is 0 Å². The molecule has 0 aromatic heterocycles. The zero-order chi connectivity index (χ0) is 18.9. The van der Waals surface area contributed by atoms with Crippen LogP contribution in [-0.4, -0.2) is 22.6 Å². The van der Waals surface area contributed by atoms with E-state index in [0.29, 0.717) is 0 Å². The summed E-state index contributed by atoms with van der Waals surface area (Å²) in [6.45, 7) is 1.97. The summed E-state index contributed by atoms with van der Waals surface area (Å²) in [6, 6.07) is 9.48. The molecule has 140 valence electrons. The summed E-state index contributed by atoms with van der Waals surface area (Å²) in [7, 11) is -1.33. The van der Waals surface area contributed by atoms with Crippen molar-refractivity contribution >= 4 is 10.0 Å². The first-order valence-electron chi connectivity index (χ1n) is 8.36. The smallest absolute Gasteiger partial charge is 0.244 e. The maximum Gasteiger partial charge on any atom is 0.244 e. The van der Waals surface area contributed by atoms with Crippen LogP contribution in [0.15, 0.2) is 41.3 Å². The summed E-state index contributed by atoms with van der Waals surface area (Å²) in [5.41, 5.74) is 1.97. The van der Waals surface area contributed by atoms with Crippen LogP contribution in [-0.2, 0) is 10.0 Å². The first kappa shape index (κ1) is 18.7. The molecule has 1 fully saturated rings. The van der Waals surface area contributed by atoms with Crippen molar-refractivity contribution in [2.45, 2.75) is 30.7 Å². The first-order chi connectivity index (χ1) is 12.4. The maximum absolute atomic E-state index is 14.4. The van der Waals surface area contributed by atoms with Crippen LogP contribution in [0.4, 0.5) is 4.39 Å². The average molecular weight is 379 g/mol. The van der Waals surface area contributed by atoms with Crippen LogP contribution >= 0.6 is 0 Å². The molecule has 26 heavy (non-hydrogen) atoms. The van der Waals surface area contributed by atoms with E-state index in [-0.39, 0.29) is 23.5 Å². The summed E-state index contributed by atoms with van der Waals surface area (Å²) in [5.74, 6) is -0.363. The molecule has 3 rings (SSSR count). The maximum atomic E-state index is 14.4. The lowest BCUT2D eigenvalue weighted by molar-refractivity contribution is 0.350. The summed E-state index contributed by atoms with van der Waals surface area (Å²) < 4.78 is 52.9. The molecular weight excluding hydrogens is 357 g/mol. The fourth-order valence-electron chi connectivity index (χ4n) is 2.91. The fourth-order valence-corrected chi connectivity index (χ4v) is 4.28. The third-order valence-electron chi connectivity index (χ3n) is 4.54. The van der Waals surface area contributed by atoms with Crippen molar-refractivity contribution in [1.82, 2.24) is 4.72 Å². The Bertz CT molecular complexity index is 893. The molecule has 0 aliphatic heterocycles. The van der Waals surface area contributed by atoms with Gasteiger partial charge in [-0.05, 0) is 31.2 Å². The number of ether oxygens (including phenoxy) is 2. The molecule has 0 radical (unpaired) electrons. The van der Waals surface area contributed by atoms with Crippen molar-refractivity contribution in [3.8, 4) is 11.5 Å². The van der Waals surface area contributed by atoms with Crippen molar-refractivity contribution in [3.63, 3.8) is 0 Å². The topological polar surface area (TPSA) is 64.6 Å². The van der Waals surface area contributed by atoms with Crippen LogP contribution in [0, 0.1) is 18.7 Å². The Labute approximate surface area is 153 Å². The van der Waals surface area contributed by atoms with Gasteiger partial charge < -0.3 is 9.47 Å². The monoisotopic (exact) mass is 379 g/mol. The highest BCUT2D eigenvalue weighted by atomic mass is 32.2. The van der Waals surface area contributed by atoms with Gasteiger partial charge in [-0.3, -0.25) is 0 Å². The summed E-state index contributed by atoms with van der Waals surface area (Å²) in [6.07, 6.45) is 1.88. The first-order valence-corrected chi connectivity index (χ1v) is 9.84. The normalized spacial score (nSPS) is 15.5. The number of benzene rings is 2. The van der Waals surface area contributed by atoms with Crippen molar-refractivity contribution in [2.24, 2.45) is 5.92 Å². The number of hydrogen-bond donors (Lipinski definition) is 1. The van der Waals surface area contributed by atoms with E-state index in [2.05, 4.69) is 4.72 Å². The molecule has 0 bridgehead atoms. The van der Waals surface area contributed by atoms with Crippen LogP contribution in [0.3, 0.4) is 0 Å². The number of sulfonamides is 1. The van der Waals surface area contributed by atoms with Crippen molar-refractivity contribution in [1.29, 1.82) is 0 Å². The number of rotatable bonds is 7. The van der Waals surface area contributed by atoms with Crippen molar-refractivity contribution < 1.29 is 22.3 Å². The molecule has 0 spiro atoms. The number of nitrogens with one attached hydrogen (secondary N) is 1. The lowest BCUT2D eigenvalue weighted by Gasteiger charge is -2.20. The summed E-state index contributed by atoms with van der Waals surface area (Å²) >= 11 is 0. The SMILES string of the molecule is COc1cc(F)c(S(=O)(=O)NC(c2ccc(C)cc2)C2CC2)cc1OC. The predicted molar refractivity (Wildman–Crippen MR) is 96.5 cm³/mol. The second-order valence-electron chi connectivity index (χ2n) is 6.48. The largest absolute Gasteiger partial charge is 0.493 e. The average Bonchev–Trinajstić information content (AvgIpc) is 3.45. The van der Waals surface area contributed by atoms with Crippen LogP contribution in [0.2, 0.25) is 0 Å². The Morgan fingerprint density at radius 2 is 1.65 bits per heavy atom. The quantitative estimate of drug-likeness (QED) is 0.799. The minimum absolute atomic E-state index is 0.140. The second kappa shape index (κ2) is 7.25. The highest BCUT2D eigenvalue weighted by molar-refractivity contribution is 7.89. The third kappa shape index (κ3) is 3.83. The molecule has 1 aliphatic carbocycles. The Hall–Kier alpha value is -2.12. The Morgan fingerprint density at radius 3 is 2.19 bits per heavy atom. The fraction of sp³-hybridized carbons (Fsp3) is 0.368. The van der Waals surface area contributed by atoms with Gasteiger partial charge in [0.2, 0.25) is 10.0 Å². The van der Waals surface area contributed by atoms with E-state index in [1.165, 1.54) is 14.2 Å². The lowest BCUT2D eigenvalue weighted by atomic mass is 10.0. The van der Waals surface area contributed by atoms with Gasteiger partial charge in [0.1, 0.15) is 10.7 Å². The van der Waals surface area contributed by atoms with E-state index >= 15 is 0 Å². The minimum atomic E-state index is -4.07. The molecule has 1 aliphatic rings. The zero-order valence-electron chi connectivity index (χ0n) is 15.0. The van der Waals surface area contributed by atoms with E-state index in [1.807, 2.05) is 31.2 Å². The third-order valence-corrected chi connectivity index (χ3v) is 6.00. The highest BCUT2D eigenvalue weighted by Crippen LogP contribution is 2.42. The van der Waals surface area contributed by atoms with Gasteiger partial charge in [0.05, 0.1) is 14.2 Å². The molecule has 0 saturated heterocycles. The van der Waals surface area contributed by atoms with Gasteiger partial charge in [0, 0.05) is 18.2 Å². The zero-order valence-corrected chi connectivity index (χ0v) is 15.8. The molecule has 2 aromatic carbocycles. The molecule has 1 saturated carbocycles. The summed E-state index contributed by atoms with van der Waals surface area (Å²) in [5, 5.41) is 0. The molecule has 0 amide bonds. The predicted octanol–water partition coefficient (Wildman–Crippen LogP) is 3.58. The van der Waals surface area contributed by atoms with Gasteiger partial charge in [0.25, 0.3) is 0 Å². The molecule has 5 nitrogen and oxygen atoms in total. The van der Waals surface area contributed by atoms with Crippen molar-refractivity contribution in [2.75, 3.05) is 14.2 Å². The standard InChI is InChI=1S/C19H22FNO4S/c1-12-4-6-13(7-5-12)19(14-8-9-14)21-26(22,23)18-11-17(25-3)16(24-2)10-15(18)20/h4-7,10-11,14,19,21H,8-9H2,1-3H3. The molecule has 1 atom stereocenters. The van der Waals surface area contributed by atoms with Crippen LogP contribution in [0.5, 0.6) is 11.5 Å². The molecule has 1 N–H and O–H groups in total. The molecule has 2 aromatic rings. The molecular formula is C19H22FNO4S. The van der Waals surface area contributed by atoms with E-state index in [4.69, 9.17) is 9.47 Å². The number of hydrogen-bond acceptors (Lipinski definition) is 4. The van der Waals surface area contributed by atoms with Gasteiger partial charge in [-0.15, -0.1) is 0 Å². The van der Waals surface area contributed by atoms with Crippen molar-refractivity contribution in [3.05, 3.63) is 53.3 Å². The van der Waals surface area contributed by atoms with Crippen LogP contribution in [0.1, 0.15) is 30.0 Å². The highest BCUT2D eigenvalue weighted by Gasteiger charge is 2.36. The van der Waals surface area contributed by atoms with Crippen LogP contribution < -0.4 is 14.2 Å². The molecule has 0 heterocycles. The van der Waals surface area contributed by atoms with E-state index in [0.717, 1.165) is 36.1 Å². The van der Waals surface area contributed by atoms with Gasteiger partial charge in [-0.1, -0.05) is 29.8 Å². The Morgan fingerprint density at radius 1 is 1.08 bits per heavy atom. The Kier molecular flexibility index (Phi) is 5.20. The van der Waals surface area contributed by atoms with Gasteiger partial charge in [-0.25, -0.2) is 17.5 Å². The van der Waals surface area contributed by atoms with E-state index in [9.17, 15) is 12.8 Å². The second-order valence-corrected chi connectivity index (χ2v) is 8.17. The molecule has 7 heteroatoms. The number of aryl methyl sites for hydroxylation is 1.